The fourth-order valence-corrected chi connectivity index (χ4v) is 3.88. The van der Waals surface area contributed by atoms with Crippen molar-refractivity contribution >= 4 is 28.2 Å². The molecule has 0 saturated carbocycles. The number of aromatic amines is 1. The maximum absolute atomic E-state index is 12.8. The minimum atomic E-state index is -0.0872. The molecular formula is C26H33N3O3S. The highest BCUT2D eigenvalue weighted by Crippen LogP contribution is 2.27. The van der Waals surface area contributed by atoms with Crippen molar-refractivity contribution in [2.45, 2.75) is 33.7 Å². The van der Waals surface area contributed by atoms with Gasteiger partial charge in [0, 0.05) is 24.2 Å². The lowest BCUT2D eigenvalue weighted by Gasteiger charge is -2.26. The predicted molar refractivity (Wildman–Crippen MR) is 138 cm³/mol. The van der Waals surface area contributed by atoms with Crippen LogP contribution in [0.15, 0.2) is 47.3 Å². The number of aryl methyl sites for hydroxylation is 1. The Morgan fingerprint density at radius 1 is 1.09 bits per heavy atom. The molecule has 2 N–H and O–H groups in total. The quantitative estimate of drug-likeness (QED) is 0.454. The number of fused-ring (bicyclic) bond motifs is 1. The SMILES string of the molecule is COc1ccc(CCN(Cc2cc3ccc(C)cc3[nH]c2=O)C(=S)NCC(C)C)cc1OC. The first-order valence-corrected chi connectivity index (χ1v) is 11.6. The molecule has 1 aromatic heterocycles. The van der Waals surface area contributed by atoms with Gasteiger partial charge in [-0.05, 0) is 72.3 Å². The second-order valence-corrected chi connectivity index (χ2v) is 9.04. The third kappa shape index (κ3) is 6.48. The molecule has 0 aliphatic rings. The minimum absolute atomic E-state index is 0.0872. The zero-order chi connectivity index (χ0) is 24.0. The van der Waals surface area contributed by atoms with Crippen molar-refractivity contribution in [3.05, 3.63) is 69.5 Å². The number of hydrogen-bond donors (Lipinski definition) is 2. The van der Waals surface area contributed by atoms with E-state index in [1.165, 1.54) is 0 Å². The van der Waals surface area contributed by atoms with E-state index in [4.69, 9.17) is 21.7 Å². The minimum Gasteiger partial charge on any atom is -0.493 e. The average Bonchev–Trinajstić information content (AvgIpc) is 2.80. The first kappa shape index (κ1) is 24.6. The molecule has 3 aromatic rings. The largest absolute Gasteiger partial charge is 0.493 e. The summed E-state index contributed by atoms with van der Waals surface area (Å²) < 4.78 is 10.8. The van der Waals surface area contributed by atoms with Gasteiger partial charge in [0.1, 0.15) is 0 Å². The predicted octanol–water partition coefficient (Wildman–Crippen LogP) is 4.43. The van der Waals surface area contributed by atoms with E-state index in [-0.39, 0.29) is 5.56 Å². The van der Waals surface area contributed by atoms with Crippen LogP contribution < -0.4 is 20.3 Å². The van der Waals surface area contributed by atoms with Crippen molar-refractivity contribution in [2.75, 3.05) is 27.3 Å². The Morgan fingerprint density at radius 3 is 2.55 bits per heavy atom. The number of hydrogen-bond acceptors (Lipinski definition) is 4. The summed E-state index contributed by atoms with van der Waals surface area (Å²) in [4.78, 5) is 17.9. The topological polar surface area (TPSA) is 66.6 Å². The highest BCUT2D eigenvalue weighted by Gasteiger charge is 2.15. The van der Waals surface area contributed by atoms with Gasteiger partial charge in [0.2, 0.25) is 0 Å². The van der Waals surface area contributed by atoms with Crippen LogP contribution in [-0.4, -0.2) is 42.3 Å². The number of benzene rings is 2. The van der Waals surface area contributed by atoms with Crippen molar-refractivity contribution in [2.24, 2.45) is 5.92 Å². The van der Waals surface area contributed by atoms with Gasteiger partial charge in [-0.25, -0.2) is 0 Å². The van der Waals surface area contributed by atoms with Crippen LogP contribution in [0.3, 0.4) is 0 Å². The molecule has 0 bridgehead atoms. The molecule has 0 atom stereocenters. The standard InChI is InChI=1S/C26H33N3O3S/c1-17(2)15-27-26(33)29(11-10-19-7-9-23(31-4)24(13-19)32-5)16-21-14-20-8-6-18(3)12-22(20)28-25(21)30/h6-9,12-14,17H,10-11,15-16H2,1-5H3,(H,27,33)(H,28,30). The molecular weight excluding hydrogens is 434 g/mol. The summed E-state index contributed by atoms with van der Waals surface area (Å²) >= 11 is 5.71. The van der Waals surface area contributed by atoms with Gasteiger partial charge in [-0.15, -0.1) is 0 Å². The first-order chi connectivity index (χ1) is 15.8. The van der Waals surface area contributed by atoms with E-state index in [1.54, 1.807) is 14.2 Å². The second kappa shape index (κ2) is 11.2. The maximum Gasteiger partial charge on any atom is 0.253 e. The van der Waals surface area contributed by atoms with Gasteiger partial charge >= 0.3 is 0 Å². The molecule has 176 valence electrons. The zero-order valence-electron chi connectivity index (χ0n) is 20.0. The zero-order valence-corrected chi connectivity index (χ0v) is 20.8. The van der Waals surface area contributed by atoms with E-state index >= 15 is 0 Å². The van der Waals surface area contributed by atoms with Gasteiger partial charge < -0.3 is 24.7 Å². The maximum atomic E-state index is 12.8. The van der Waals surface area contributed by atoms with Crippen LogP contribution in [0, 0.1) is 12.8 Å². The molecule has 0 spiro atoms. The Hall–Kier alpha value is -3.06. The van der Waals surface area contributed by atoms with E-state index in [1.807, 2.05) is 49.4 Å². The van der Waals surface area contributed by atoms with Crippen molar-refractivity contribution < 1.29 is 9.47 Å². The normalized spacial score (nSPS) is 11.0. The number of nitrogens with zero attached hydrogens (tertiary/aromatic N) is 1. The molecule has 7 heteroatoms. The number of thiocarbonyl (C=S) groups is 1. The van der Waals surface area contributed by atoms with Gasteiger partial charge in [0.15, 0.2) is 16.6 Å². The molecule has 0 radical (unpaired) electrons. The molecule has 0 aliphatic heterocycles. The summed E-state index contributed by atoms with van der Waals surface area (Å²) in [7, 11) is 3.26. The van der Waals surface area contributed by atoms with Crippen LogP contribution in [-0.2, 0) is 13.0 Å². The smallest absolute Gasteiger partial charge is 0.253 e. The van der Waals surface area contributed by atoms with Crippen LogP contribution in [0.2, 0.25) is 0 Å². The molecule has 0 amide bonds. The van der Waals surface area contributed by atoms with Crippen molar-refractivity contribution in [3.63, 3.8) is 0 Å². The molecule has 1 heterocycles. The summed E-state index contributed by atoms with van der Waals surface area (Å²) in [5.41, 5.74) is 3.66. The second-order valence-electron chi connectivity index (χ2n) is 8.66. The van der Waals surface area contributed by atoms with E-state index in [0.29, 0.717) is 41.2 Å². The fourth-order valence-electron chi connectivity index (χ4n) is 3.64. The Bertz CT molecular complexity index is 1170. The Kier molecular flexibility index (Phi) is 8.33. The molecule has 3 rings (SSSR count). The van der Waals surface area contributed by atoms with E-state index in [2.05, 4.69) is 29.0 Å². The number of methoxy groups -OCH3 is 2. The van der Waals surface area contributed by atoms with Crippen LogP contribution in [0.4, 0.5) is 0 Å². The molecule has 0 unspecified atom stereocenters. The van der Waals surface area contributed by atoms with Crippen molar-refractivity contribution in [3.8, 4) is 11.5 Å². The van der Waals surface area contributed by atoms with Gasteiger partial charge in [-0.1, -0.05) is 32.0 Å². The van der Waals surface area contributed by atoms with E-state index in [0.717, 1.165) is 35.0 Å². The number of pyridine rings is 1. The molecule has 33 heavy (non-hydrogen) atoms. The number of rotatable bonds is 9. The number of nitrogens with one attached hydrogen (secondary N) is 2. The Balaban J connectivity index is 1.83. The van der Waals surface area contributed by atoms with Gasteiger partial charge in [-0.2, -0.15) is 0 Å². The highest BCUT2D eigenvalue weighted by atomic mass is 32.1. The monoisotopic (exact) mass is 467 g/mol. The van der Waals surface area contributed by atoms with Crippen molar-refractivity contribution in [1.82, 2.24) is 15.2 Å². The summed E-state index contributed by atoms with van der Waals surface area (Å²) in [6.07, 6.45) is 0.745. The van der Waals surface area contributed by atoms with Crippen LogP contribution in [0.1, 0.15) is 30.5 Å². The molecule has 2 aromatic carbocycles. The van der Waals surface area contributed by atoms with Crippen LogP contribution in [0.25, 0.3) is 10.9 Å². The molecule has 0 fully saturated rings. The van der Waals surface area contributed by atoms with Crippen LogP contribution in [0.5, 0.6) is 11.5 Å². The van der Waals surface area contributed by atoms with Crippen LogP contribution >= 0.6 is 12.2 Å². The van der Waals surface area contributed by atoms with Gasteiger partial charge in [0.05, 0.1) is 20.8 Å². The Morgan fingerprint density at radius 2 is 1.85 bits per heavy atom. The summed E-state index contributed by atoms with van der Waals surface area (Å²) in [6, 6.07) is 13.9. The molecule has 0 aliphatic carbocycles. The Labute approximate surface area is 200 Å². The van der Waals surface area contributed by atoms with E-state index < -0.39 is 0 Å². The van der Waals surface area contributed by atoms with Crippen molar-refractivity contribution in [1.29, 1.82) is 0 Å². The highest BCUT2D eigenvalue weighted by molar-refractivity contribution is 7.80. The molecule has 6 nitrogen and oxygen atoms in total. The van der Waals surface area contributed by atoms with Gasteiger partial charge in [0.25, 0.3) is 5.56 Å². The summed E-state index contributed by atoms with van der Waals surface area (Å²) in [5.74, 6) is 1.86. The third-order valence-corrected chi connectivity index (χ3v) is 5.91. The lowest BCUT2D eigenvalue weighted by Crippen LogP contribution is -2.42. The number of H-pyrrole nitrogens is 1. The lowest BCUT2D eigenvalue weighted by molar-refractivity contribution is 0.354. The summed E-state index contributed by atoms with van der Waals surface area (Å²) in [5, 5.41) is 5.00. The number of ether oxygens (including phenoxy) is 2. The first-order valence-electron chi connectivity index (χ1n) is 11.2. The third-order valence-electron chi connectivity index (χ3n) is 5.51. The fraction of sp³-hybridized carbons (Fsp3) is 0.385. The van der Waals surface area contributed by atoms with E-state index in [9.17, 15) is 4.79 Å². The average molecular weight is 468 g/mol. The lowest BCUT2D eigenvalue weighted by atomic mass is 10.1. The van der Waals surface area contributed by atoms with Gasteiger partial charge in [-0.3, -0.25) is 4.79 Å². The summed E-state index contributed by atoms with van der Waals surface area (Å²) in [6.45, 7) is 8.15. The number of aromatic nitrogens is 1. The molecule has 0 saturated heterocycles.